The first-order valence-electron chi connectivity index (χ1n) is 5.64. The molecular formula is C11H14N2O6S. The molecule has 1 rings (SSSR count). The van der Waals surface area contributed by atoms with Gasteiger partial charge in [-0.1, -0.05) is 0 Å². The fourth-order valence-electron chi connectivity index (χ4n) is 1.55. The fraction of sp³-hybridized carbons (Fsp3) is 0.364. The molecule has 0 bridgehead atoms. The van der Waals surface area contributed by atoms with E-state index in [4.69, 9.17) is 5.11 Å². The highest BCUT2D eigenvalue weighted by atomic mass is 32.2. The van der Waals surface area contributed by atoms with Crippen LogP contribution in [0.3, 0.4) is 0 Å². The lowest BCUT2D eigenvalue weighted by atomic mass is 10.3. The van der Waals surface area contributed by atoms with Crippen molar-refractivity contribution in [2.75, 3.05) is 6.54 Å². The number of benzene rings is 1. The van der Waals surface area contributed by atoms with E-state index in [2.05, 4.69) is 0 Å². The summed E-state index contributed by atoms with van der Waals surface area (Å²) in [7, 11) is -4.01. The van der Waals surface area contributed by atoms with Gasteiger partial charge < -0.3 is 5.11 Å². The number of carboxylic acids is 1. The molecule has 0 aliphatic heterocycles. The quantitative estimate of drug-likeness (QED) is 0.620. The number of rotatable bonds is 6. The average molecular weight is 302 g/mol. The van der Waals surface area contributed by atoms with Crippen molar-refractivity contribution in [3.8, 4) is 0 Å². The van der Waals surface area contributed by atoms with Crippen LogP contribution in [0.1, 0.15) is 13.8 Å². The molecule has 0 saturated carbocycles. The molecule has 0 aliphatic rings. The average Bonchev–Trinajstić information content (AvgIpc) is 2.35. The summed E-state index contributed by atoms with van der Waals surface area (Å²) in [6.07, 6.45) is 0. The van der Waals surface area contributed by atoms with E-state index in [-0.39, 0.29) is 10.6 Å². The smallest absolute Gasteiger partial charge is 0.318 e. The van der Waals surface area contributed by atoms with E-state index in [0.717, 1.165) is 28.6 Å². The molecule has 0 fully saturated rings. The fourth-order valence-corrected chi connectivity index (χ4v) is 3.14. The molecular weight excluding hydrogens is 288 g/mol. The van der Waals surface area contributed by atoms with Gasteiger partial charge in [0.1, 0.15) is 6.54 Å². The molecule has 110 valence electrons. The number of hydrogen-bond donors (Lipinski definition) is 1. The molecule has 0 spiro atoms. The van der Waals surface area contributed by atoms with Crippen molar-refractivity contribution < 1.29 is 23.2 Å². The molecule has 1 N–H and O–H groups in total. The Kier molecular flexibility index (Phi) is 4.79. The maximum atomic E-state index is 12.3. The van der Waals surface area contributed by atoms with Gasteiger partial charge in [-0.25, -0.2) is 8.42 Å². The third kappa shape index (κ3) is 3.52. The number of hydrogen-bond acceptors (Lipinski definition) is 5. The first-order valence-corrected chi connectivity index (χ1v) is 7.08. The number of nitro groups is 1. The highest BCUT2D eigenvalue weighted by molar-refractivity contribution is 7.89. The SMILES string of the molecule is CC(C)N(CC(=O)O)S(=O)(=O)c1ccc([N+](=O)[O-])cc1. The van der Waals surface area contributed by atoms with E-state index in [1.165, 1.54) is 0 Å². The van der Waals surface area contributed by atoms with Crippen LogP contribution in [-0.4, -0.2) is 41.3 Å². The minimum absolute atomic E-state index is 0.182. The Morgan fingerprint density at radius 1 is 1.35 bits per heavy atom. The Hall–Kier alpha value is -2.00. The van der Waals surface area contributed by atoms with Crippen LogP contribution in [0.15, 0.2) is 29.2 Å². The van der Waals surface area contributed by atoms with Crippen LogP contribution in [0.5, 0.6) is 0 Å². The van der Waals surface area contributed by atoms with Crippen molar-refractivity contribution in [1.82, 2.24) is 4.31 Å². The van der Waals surface area contributed by atoms with E-state index >= 15 is 0 Å². The highest BCUT2D eigenvalue weighted by Gasteiger charge is 2.29. The second-order valence-corrected chi connectivity index (χ2v) is 6.18. The van der Waals surface area contributed by atoms with E-state index in [1.807, 2.05) is 0 Å². The summed E-state index contributed by atoms with van der Waals surface area (Å²) < 4.78 is 25.4. The summed E-state index contributed by atoms with van der Waals surface area (Å²) in [6, 6.07) is 3.75. The molecule has 9 heteroatoms. The second-order valence-electron chi connectivity index (χ2n) is 4.29. The van der Waals surface area contributed by atoms with Gasteiger partial charge in [-0.05, 0) is 26.0 Å². The van der Waals surface area contributed by atoms with Crippen LogP contribution in [0.25, 0.3) is 0 Å². The van der Waals surface area contributed by atoms with E-state index in [1.54, 1.807) is 13.8 Å². The largest absolute Gasteiger partial charge is 0.480 e. The predicted molar refractivity (Wildman–Crippen MR) is 69.8 cm³/mol. The Bertz CT molecular complexity index is 608. The van der Waals surface area contributed by atoms with Crippen molar-refractivity contribution in [3.63, 3.8) is 0 Å². The normalized spacial score (nSPS) is 11.8. The molecule has 0 saturated heterocycles. The number of nitro benzene ring substituents is 1. The lowest BCUT2D eigenvalue weighted by molar-refractivity contribution is -0.384. The lowest BCUT2D eigenvalue weighted by Gasteiger charge is -2.23. The molecule has 1 aromatic carbocycles. The zero-order chi connectivity index (χ0) is 15.5. The third-order valence-electron chi connectivity index (χ3n) is 2.52. The van der Waals surface area contributed by atoms with Gasteiger partial charge >= 0.3 is 5.97 Å². The Balaban J connectivity index is 3.19. The Morgan fingerprint density at radius 3 is 2.20 bits per heavy atom. The Labute approximate surface area is 115 Å². The van der Waals surface area contributed by atoms with Gasteiger partial charge in [-0.2, -0.15) is 4.31 Å². The van der Waals surface area contributed by atoms with Crippen LogP contribution in [0.4, 0.5) is 5.69 Å². The molecule has 0 aromatic heterocycles. The number of nitrogens with zero attached hydrogens (tertiary/aromatic N) is 2. The molecule has 20 heavy (non-hydrogen) atoms. The van der Waals surface area contributed by atoms with E-state index in [9.17, 15) is 23.3 Å². The zero-order valence-electron chi connectivity index (χ0n) is 10.9. The highest BCUT2D eigenvalue weighted by Crippen LogP contribution is 2.21. The summed E-state index contributed by atoms with van der Waals surface area (Å²) in [4.78, 5) is 20.4. The number of carbonyl (C=O) groups is 1. The molecule has 0 heterocycles. The number of sulfonamides is 1. The zero-order valence-corrected chi connectivity index (χ0v) is 11.7. The molecule has 0 unspecified atom stereocenters. The van der Waals surface area contributed by atoms with Crippen LogP contribution < -0.4 is 0 Å². The van der Waals surface area contributed by atoms with Gasteiger partial charge in [-0.3, -0.25) is 14.9 Å². The van der Waals surface area contributed by atoms with Crippen molar-refractivity contribution in [1.29, 1.82) is 0 Å². The van der Waals surface area contributed by atoms with Gasteiger partial charge in [0.25, 0.3) is 5.69 Å². The second kappa shape index (κ2) is 5.97. The van der Waals surface area contributed by atoms with Crippen molar-refractivity contribution >= 4 is 21.7 Å². The van der Waals surface area contributed by atoms with E-state index < -0.39 is 33.5 Å². The molecule has 0 atom stereocenters. The standard InChI is InChI=1S/C11H14N2O6S/c1-8(2)12(7-11(14)15)20(18,19)10-5-3-9(4-6-10)13(16)17/h3-6,8H,7H2,1-2H3,(H,14,15). The molecule has 0 radical (unpaired) electrons. The van der Waals surface area contributed by atoms with Crippen LogP contribution in [-0.2, 0) is 14.8 Å². The summed E-state index contributed by atoms with van der Waals surface area (Å²) in [5, 5.41) is 19.3. The van der Waals surface area contributed by atoms with Gasteiger partial charge in [0, 0.05) is 18.2 Å². The number of aliphatic carboxylic acids is 1. The monoisotopic (exact) mass is 302 g/mol. The molecule has 1 aromatic rings. The maximum Gasteiger partial charge on any atom is 0.318 e. The molecule has 0 aliphatic carbocycles. The van der Waals surface area contributed by atoms with Gasteiger partial charge in [0.15, 0.2) is 0 Å². The minimum atomic E-state index is -4.01. The van der Waals surface area contributed by atoms with Gasteiger partial charge in [-0.15, -0.1) is 0 Å². The summed E-state index contributed by atoms with van der Waals surface area (Å²) in [5.74, 6) is -1.27. The minimum Gasteiger partial charge on any atom is -0.480 e. The Morgan fingerprint density at radius 2 is 1.85 bits per heavy atom. The maximum absolute atomic E-state index is 12.3. The van der Waals surface area contributed by atoms with Gasteiger partial charge in [0.2, 0.25) is 10.0 Å². The van der Waals surface area contributed by atoms with Crippen molar-refractivity contribution in [2.45, 2.75) is 24.8 Å². The predicted octanol–water partition coefficient (Wildman–Crippen LogP) is 1.08. The van der Waals surface area contributed by atoms with Crippen molar-refractivity contribution in [3.05, 3.63) is 34.4 Å². The van der Waals surface area contributed by atoms with E-state index in [0.29, 0.717) is 0 Å². The number of non-ortho nitro benzene ring substituents is 1. The summed E-state index contributed by atoms with van der Waals surface area (Å²) in [6.45, 7) is 2.43. The molecule has 8 nitrogen and oxygen atoms in total. The van der Waals surface area contributed by atoms with Crippen LogP contribution >= 0.6 is 0 Å². The van der Waals surface area contributed by atoms with Crippen molar-refractivity contribution in [2.24, 2.45) is 0 Å². The first kappa shape index (κ1) is 16.1. The van der Waals surface area contributed by atoms with Crippen LogP contribution in [0, 0.1) is 10.1 Å². The topological polar surface area (TPSA) is 118 Å². The molecule has 0 amide bonds. The third-order valence-corrected chi connectivity index (χ3v) is 4.56. The number of carboxylic acid groups (broad SMARTS) is 1. The van der Waals surface area contributed by atoms with Gasteiger partial charge in [0.05, 0.1) is 9.82 Å². The first-order chi connectivity index (χ1) is 9.16. The van der Waals surface area contributed by atoms with Crippen LogP contribution in [0.2, 0.25) is 0 Å². The summed E-state index contributed by atoms with van der Waals surface area (Å²) >= 11 is 0. The summed E-state index contributed by atoms with van der Waals surface area (Å²) in [5.41, 5.74) is -0.238. The lowest BCUT2D eigenvalue weighted by Crippen LogP contribution is -2.40.